The van der Waals surface area contributed by atoms with Gasteiger partial charge in [-0.2, -0.15) is 0 Å². The first kappa shape index (κ1) is 19.1. The van der Waals surface area contributed by atoms with E-state index in [0.29, 0.717) is 6.04 Å². The van der Waals surface area contributed by atoms with Crippen molar-refractivity contribution in [2.24, 2.45) is 0 Å². The topological polar surface area (TPSA) is 3.24 Å². The molecule has 2 aromatic rings. The summed E-state index contributed by atoms with van der Waals surface area (Å²) < 4.78 is 13.5. The van der Waals surface area contributed by atoms with Crippen molar-refractivity contribution in [1.82, 2.24) is 4.90 Å². The molecule has 0 aliphatic heterocycles. The van der Waals surface area contributed by atoms with Gasteiger partial charge < -0.3 is 4.90 Å². The molecule has 140 valence electrons. The molecule has 0 amide bonds. The normalized spacial score (nSPS) is 20.8. The van der Waals surface area contributed by atoms with Gasteiger partial charge in [0.25, 0.3) is 0 Å². The molecule has 3 rings (SSSR count). The van der Waals surface area contributed by atoms with Crippen molar-refractivity contribution in [3.63, 3.8) is 0 Å². The average molecular weight is 354 g/mol. The van der Waals surface area contributed by atoms with E-state index in [9.17, 15) is 4.39 Å². The number of halogens is 1. The molecule has 26 heavy (non-hydrogen) atoms. The van der Waals surface area contributed by atoms with E-state index in [1.165, 1.54) is 16.7 Å². The summed E-state index contributed by atoms with van der Waals surface area (Å²) in [5.41, 5.74) is 3.96. The van der Waals surface area contributed by atoms with E-state index in [4.69, 9.17) is 0 Å². The number of hydrogen-bond acceptors (Lipinski definition) is 1. The second-order valence-electron chi connectivity index (χ2n) is 7.69. The molecular formula is C24H32FN. The first-order valence-electron chi connectivity index (χ1n) is 10.2. The van der Waals surface area contributed by atoms with E-state index < -0.39 is 6.17 Å². The molecule has 3 atom stereocenters. The molecular weight excluding hydrogens is 321 g/mol. The third kappa shape index (κ3) is 4.94. The van der Waals surface area contributed by atoms with E-state index in [-0.39, 0.29) is 5.92 Å². The summed E-state index contributed by atoms with van der Waals surface area (Å²) in [4.78, 5) is 2.57. The Labute approximate surface area is 158 Å². The lowest BCUT2D eigenvalue weighted by atomic mass is 9.78. The first-order chi connectivity index (χ1) is 12.7. The van der Waals surface area contributed by atoms with Crippen molar-refractivity contribution in [2.45, 2.75) is 64.1 Å². The molecule has 0 heterocycles. The molecule has 0 spiro atoms. The van der Waals surface area contributed by atoms with Crippen LogP contribution in [0.2, 0.25) is 0 Å². The van der Waals surface area contributed by atoms with Gasteiger partial charge in [-0.3, -0.25) is 0 Å². The number of likely N-dealkylation sites (N-methyl/N-ethyl adjacent to an activating group) is 1. The summed E-state index contributed by atoms with van der Waals surface area (Å²) in [5.74, 6) is 0.150. The Morgan fingerprint density at radius 1 is 0.962 bits per heavy atom. The molecule has 2 heteroatoms. The van der Waals surface area contributed by atoms with Crippen LogP contribution in [0, 0.1) is 0 Å². The van der Waals surface area contributed by atoms with E-state index in [0.717, 1.165) is 45.2 Å². The van der Waals surface area contributed by atoms with Crippen molar-refractivity contribution in [2.75, 3.05) is 13.1 Å². The Balaban J connectivity index is 1.46. The van der Waals surface area contributed by atoms with Crippen molar-refractivity contribution < 1.29 is 4.39 Å². The largest absolute Gasteiger partial charge is 0.301 e. The second-order valence-corrected chi connectivity index (χ2v) is 7.69. The third-order valence-electron chi connectivity index (χ3n) is 6.01. The van der Waals surface area contributed by atoms with E-state index in [1.54, 1.807) is 0 Å². The number of hydrogen-bond donors (Lipinski definition) is 0. The highest BCUT2D eigenvalue weighted by Gasteiger charge is 2.31. The molecule has 3 unspecified atom stereocenters. The maximum Gasteiger partial charge on any atom is 0.107 e. The summed E-state index contributed by atoms with van der Waals surface area (Å²) >= 11 is 0. The van der Waals surface area contributed by atoms with Gasteiger partial charge >= 0.3 is 0 Å². The highest BCUT2D eigenvalue weighted by Crippen LogP contribution is 2.39. The molecule has 2 aromatic carbocycles. The fourth-order valence-corrected chi connectivity index (χ4v) is 3.93. The standard InChI is InChI=1S/C24H32FN/c1-3-26(18-17-20-7-5-4-6-8-20)19(2)9-10-21-11-13-22(14-12-21)23-15-16-24(23)25/h4-8,11-14,19,23-24H,3,9-10,15-18H2,1-2H3. The summed E-state index contributed by atoms with van der Waals surface area (Å²) in [7, 11) is 0. The number of rotatable bonds is 9. The van der Waals surface area contributed by atoms with Crippen molar-refractivity contribution in [3.05, 3.63) is 71.3 Å². The van der Waals surface area contributed by atoms with Crippen LogP contribution >= 0.6 is 0 Å². The van der Waals surface area contributed by atoms with Crippen LogP contribution in [0.15, 0.2) is 54.6 Å². The van der Waals surface area contributed by atoms with Crippen LogP contribution in [0.1, 0.15) is 55.7 Å². The smallest absolute Gasteiger partial charge is 0.107 e. The van der Waals surface area contributed by atoms with Gasteiger partial charge in [-0.05, 0) is 62.3 Å². The minimum atomic E-state index is -0.622. The molecule has 1 aliphatic rings. The number of aryl methyl sites for hydroxylation is 1. The summed E-state index contributed by atoms with van der Waals surface area (Å²) in [6, 6.07) is 20.0. The third-order valence-corrected chi connectivity index (χ3v) is 6.01. The van der Waals surface area contributed by atoms with Crippen molar-refractivity contribution >= 4 is 0 Å². The predicted octanol–water partition coefficient (Wildman–Crippen LogP) is 5.79. The molecule has 1 fully saturated rings. The van der Waals surface area contributed by atoms with Crippen LogP contribution in [-0.2, 0) is 12.8 Å². The molecule has 0 saturated heterocycles. The zero-order valence-corrected chi connectivity index (χ0v) is 16.2. The Morgan fingerprint density at radius 3 is 2.23 bits per heavy atom. The monoisotopic (exact) mass is 353 g/mol. The van der Waals surface area contributed by atoms with Gasteiger partial charge in [0.1, 0.15) is 6.17 Å². The second kappa shape index (κ2) is 9.32. The highest BCUT2D eigenvalue weighted by atomic mass is 19.1. The Hall–Kier alpha value is -1.67. The minimum absolute atomic E-state index is 0.150. The lowest BCUT2D eigenvalue weighted by Crippen LogP contribution is -2.35. The Morgan fingerprint density at radius 2 is 1.65 bits per heavy atom. The Kier molecular flexibility index (Phi) is 6.85. The summed E-state index contributed by atoms with van der Waals surface area (Å²) in [6.07, 6.45) is 4.48. The molecule has 0 N–H and O–H groups in total. The van der Waals surface area contributed by atoms with Gasteiger partial charge in [-0.1, -0.05) is 61.5 Å². The van der Waals surface area contributed by atoms with E-state index in [2.05, 4.69) is 73.3 Å². The van der Waals surface area contributed by atoms with Crippen LogP contribution in [0.25, 0.3) is 0 Å². The molecule has 1 saturated carbocycles. The number of benzene rings is 2. The predicted molar refractivity (Wildman–Crippen MR) is 108 cm³/mol. The fourth-order valence-electron chi connectivity index (χ4n) is 3.93. The fraction of sp³-hybridized carbons (Fsp3) is 0.500. The SMILES string of the molecule is CCN(CCc1ccccc1)C(C)CCc1ccc(C2CCC2F)cc1. The summed E-state index contributed by atoms with van der Waals surface area (Å²) in [5, 5.41) is 0. The summed E-state index contributed by atoms with van der Waals surface area (Å²) in [6.45, 7) is 6.79. The molecule has 1 nitrogen and oxygen atoms in total. The molecule has 1 aliphatic carbocycles. The number of nitrogens with zero attached hydrogens (tertiary/aromatic N) is 1. The molecule has 0 aromatic heterocycles. The van der Waals surface area contributed by atoms with Gasteiger partial charge in [0.15, 0.2) is 0 Å². The van der Waals surface area contributed by atoms with Crippen molar-refractivity contribution in [1.29, 1.82) is 0 Å². The minimum Gasteiger partial charge on any atom is -0.301 e. The quantitative estimate of drug-likeness (QED) is 0.552. The van der Waals surface area contributed by atoms with Gasteiger partial charge in [-0.25, -0.2) is 4.39 Å². The first-order valence-corrected chi connectivity index (χ1v) is 10.2. The van der Waals surface area contributed by atoms with Gasteiger partial charge in [-0.15, -0.1) is 0 Å². The highest BCUT2D eigenvalue weighted by molar-refractivity contribution is 5.28. The molecule has 0 bridgehead atoms. The molecule has 0 radical (unpaired) electrons. The van der Waals surface area contributed by atoms with E-state index in [1.807, 2.05) is 0 Å². The number of alkyl halides is 1. The lowest BCUT2D eigenvalue weighted by molar-refractivity contribution is 0.170. The Bertz CT molecular complexity index is 652. The zero-order chi connectivity index (χ0) is 18.4. The van der Waals surface area contributed by atoms with Crippen LogP contribution in [0.3, 0.4) is 0 Å². The maximum absolute atomic E-state index is 13.5. The van der Waals surface area contributed by atoms with Crippen LogP contribution in [0.5, 0.6) is 0 Å². The van der Waals surface area contributed by atoms with Gasteiger partial charge in [0.2, 0.25) is 0 Å². The maximum atomic E-state index is 13.5. The van der Waals surface area contributed by atoms with E-state index >= 15 is 0 Å². The van der Waals surface area contributed by atoms with Gasteiger partial charge in [0.05, 0.1) is 0 Å². The van der Waals surface area contributed by atoms with Crippen LogP contribution in [-0.4, -0.2) is 30.2 Å². The van der Waals surface area contributed by atoms with Crippen LogP contribution < -0.4 is 0 Å². The average Bonchev–Trinajstić information content (AvgIpc) is 2.67. The van der Waals surface area contributed by atoms with Crippen molar-refractivity contribution in [3.8, 4) is 0 Å². The van der Waals surface area contributed by atoms with Crippen LogP contribution in [0.4, 0.5) is 4.39 Å². The van der Waals surface area contributed by atoms with Gasteiger partial charge in [0, 0.05) is 18.5 Å². The zero-order valence-electron chi connectivity index (χ0n) is 16.2. The lowest BCUT2D eigenvalue weighted by Gasteiger charge is -2.31.